The van der Waals surface area contributed by atoms with Gasteiger partial charge in [0.05, 0.1) is 20.3 Å². The van der Waals surface area contributed by atoms with E-state index >= 15 is 0 Å². The lowest BCUT2D eigenvalue weighted by Gasteiger charge is -2.13. The number of carbonyl (C=O) groups is 1. The number of benzene rings is 2. The van der Waals surface area contributed by atoms with Crippen LogP contribution in [0.25, 0.3) is 0 Å². The topological polar surface area (TPSA) is 54.0 Å². The number of rotatable bonds is 11. The fourth-order valence-electron chi connectivity index (χ4n) is 2.49. The number of hydrogen-bond donors (Lipinski definition) is 0. The number of hydrogen-bond acceptors (Lipinski definition) is 5. The van der Waals surface area contributed by atoms with Crippen molar-refractivity contribution in [3.05, 3.63) is 48.0 Å². The van der Waals surface area contributed by atoms with Crippen LogP contribution in [0.5, 0.6) is 23.0 Å². The van der Waals surface area contributed by atoms with Crippen LogP contribution in [0.3, 0.4) is 0 Å². The van der Waals surface area contributed by atoms with Gasteiger partial charge >= 0.3 is 5.97 Å². The lowest BCUT2D eigenvalue weighted by molar-refractivity contribution is -0.134. The van der Waals surface area contributed by atoms with E-state index in [1.807, 2.05) is 25.1 Å². The van der Waals surface area contributed by atoms with Gasteiger partial charge in [0.15, 0.2) is 11.5 Å². The van der Waals surface area contributed by atoms with E-state index in [2.05, 4.69) is 6.92 Å². The standard InChI is InChI=1S/C22H28O5/c1-4-6-15-26-20-13-7-17(16-21(20)25-5-2)8-14-22(23)27-19-11-9-18(24-3)10-12-19/h7,9-13,16H,4-6,8,14-15H2,1-3H3. The Kier molecular flexibility index (Phi) is 8.49. The summed E-state index contributed by atoms with van der Waals surface area (Å²) in [6, 6.07) is 12.8. The Labute approximate surface area is 161 Å². The van der Waals surface area contributed by atoms with Crippen LogP contribution in [0.2, 0.25) is 0 Å². The summed E-state index contributed by atoms with van der Waals surface area (Å²) in [7, 11) is 1.59. The summed E-state index contributed by atoms with van der Waals surface area (Å²) in [5, 5.41) is 0. The Balaban J connectivity index is 1.91. The van der Waals surface area contributed by atoms with Gasteiger partial charge in [0.25, 0.3) is 0 Å². The SMILES string of the molecule is CCCCOc1ccc(CCC(=O)Oc2ccc(OC)cc2)cc1OCC. The number of ether oxygens (including phenoxy) is 4. The van der Waals surface area contributed by atoms with E-state index in [1.54, 1.807) is 31.4 Å². The van der Waals surface area contributed by atoms with Gasteiger partial charge in [-0.15, -0.1) is 0 Å². The van der Waals surface area contributed by atoms with E-state index in [4.69, 9.17) is 18.9 Å². The molecule has 0 spiro atoms. The molecule has 2 aromatic carbocycles. The van der Waals surface area contributed by atoms with Crippen molar-refractivity contribution in [1.29, 1.82) is 0 Å². The average molecular weight is 372 g/mol. The summed E-state index contributed by atoms with van der Waals surface area (Å²) in [5.74, 6) is 2.42. The molecule has 5 nitrogen and oxygen atoms in total. The molecule has 0 fully saturated rings. The monoisotopic (exact) mass is 372 g/mol. The normalized spacial score (nSPS) is 10.3. The maximum atomic E-state index is 12.1. The van der Waals surface area contributed by atoms with Gasteiger partial charge in [0.1, 0.15) is 11.5 Å². The predicted octanol–water partition coefficient (Wildman–Crippen LogP) is 4.81. The molecule has 5 heteroatoms. The number of aryl methyl sites for hydroxylation is 1. The highest BCUT2D eigenvalue weighted by Gasteiger charge is 2.10. The Morgan fingerprint density at radius 2 is 1.67 bits per heavy atom. The second-order valence-electron chi connectivity index (χ2n) is 6.07. The molecule has 146 valence electrons. The molecule has 0 aromatic heterocycles. The summed E-state index contributed by atoms with van der Waals surface area (Å²) in [5.41, 5.74) is 1.01. The molecule has 0 radical (unpaired) electrons. The van der Waals surface area contributed by atoms with Gasteiger partial charge in [-0.05, 0) is 61.7 Å². The molecule has 0 heterocycles. The van der Waals surface area contributed by atoms with Crippen LogP contribution in [-0.2, 0) is 11.2 Å². The van der Waals surface area contributed by atoms with Gasteiger partial charge < -0.3 is 18.9 Å². The van der Waals surface area contributed by atoms with Crippen LogP contribution in [0.15, 0.2) is 42.5 Å². The second-order valence-corrected chi connectivity index (χ2v) is 6.07. The zero-order valence-electron chi connectivity index (χ0n) is 16.3. The minimum atomic E-state index is -0.276. The van der Waals surface area contributed by atoms with Gasteiger partial charge in [-0.2, -0.15) is 0 Å². The third kappa shape index (κ3) is 6.85. The van der Waals surface area contributed by atoms with Crippen LogP contribution in [0.4, 0.5) is 0 Å². The first-order valence-electron chi connectivity index (χ1n) is 9.39. The van der Waals surface area contributed by atoms with Crippen molar-refractivity contribution in [3.63, 3.8) is 0 Å². The van der Waals surface area contributed by atoms with Crippen molar-refractivity contribution in [2.24, 2.45) is 0 Å². The molecule has 0 amide bonds. The van der Waals surface area contributed by atoms with Gasteiger partial charge in [-0.1, -0.05) is 19.4 Å². The average Bonchev–Trinajstić information content (AvgIpc) is 2.69. The van der Waals surface area contributed by atoms with Crippen molar-refractivity contribution in [2.45, 2.75) is 39.5 Å². The highest BCUT2D eigenvalue weighted by atomic mass is 16.5. The highest BCUT2D eigenvalue weighted by molar-refractivity contribution is 5.72. The van der Waals surface area contributed by atoms with E-state index in [9.17, 15) is 4.79 Å². The molecule has 2 aromatic rings. The molecule has 0 N–H and O–H groups in total. The van der Waals surface area contributed by atoms with E-state index in [0.717, 1.165) is 35.7 Å². The fourth-order valence-corrected chi connectivity index (χ4v) is 2.49. The van der Waals surface area contributed by atoms with Crippen LogP contribution in [0.1, 0.15) is 38.7 Å². The molecule has 0 aliphatic heterocycles. The van der Waals surface area contributed by atoms with E-state index in [-0.39, 0.29) is 12.4 Å². The lowest BCUT2D eigenvalue weighted by atomic mass is 10.1. The number of unbranched alkanes of at least 4 members (excludes halogenated alkanes) is 1. The first-order valence-corrected chi connectivity index (χ1v) is 9.39. The van der Waals surface area contributed by atoms with E-state index in [1.165, 1.54) is 0 Å². The summed E-state index contributed by atoms with van der Waals surface area (Å²) >= 11 is 0. The molecule has 2 rings (SSSR count). The maximum Gasteiger partial charge on any atom is 0.311 e. The Hall–Kier alpha value is -2.69. The molecule has 0 aliphatic rings. The maximum absolute atomic E-state index is 12.1. The molecule has 0 atom stereocenters. The Bertz CT molecular complexity index is 709. The molecular formula is C22H28O5. The van der Waals surface area contributed by atoms with Crippen molar-refractivity contribution in [1.82, 2.24) is 0 Å². The highest BCUT2D eigenvalue weighted by Crippen LogP contribution is 2.29. The largest absolute Gasteiger partial charge is 0.497 e. The Morgan fingerprint density at radius 1 is 0.926 bits per heavy atom. The van der Waals surface area contributed by atoms with E-state index in [0.29, 0.717) is 25.4 Å². The Morgan fingerprint density at radius 3 is 2.33 bits per heavy atom. The lowest BCUT2D eigenvalue weighted by Crippen LogP contribution is -2.09. The van der Waals surface area contributed by atoms with Gasteiger partial charge in [-0.3, -0.25) is 4.79 Å². The zero-order chi connectivity index (χ0) is 19.5. The minimum absolute atomic E-state index is 0.276. The minimum Gasteiger partial charge on any atom is -0.497 e. The molecule has 27 heavy (non-hydrogen) atoms. The van der Waals surface area contributed by atoms with Crippen LogP contribution < -0.4 is 18.9 Å². The third-order valence-electron chi connectivity index (χ3n) is 3.97. The molecule has 0 aliphatic carbocycles. The first-order chi connectivity index (χ1) is 13.2. The molecule has 0 saturated heterocycles. The summed E-state index contributed by atoms with van der Waals surface area (Å²) in [4.78, 5) is 12.1. The van der Waals surface area contributed by atoms with Crippen molar-refractivity contribution >= 4 is 5.97 Å². The zero-order valence-corrected chi connectivity index (χ0v) is 16.3. The summed E-state index contributed by atoms with van der Waals surface area (Å²) in [6.45, 7) is 5.30. The smallest absolute Gasteiger partial charge is 0.311 e. The summed E-state index contributed by atoms with van der Waals surface area (Å²) in [6.07, 6.45) is 2.95. The van der Waals surface area contributed by atoms with Crippen LogP contribution in [-0.4, -0.2) is 26.3 Å². The number of methoxy groups -OCH3 is 1. The van der Waals surface area contributed by atoms with Gasteiger partial charge in [0, 0.05) is 6.42 Å². The van der Waals surface area contributed by atoms with Gasteiger partial charge in [-0.25, -0.2) is 0 Å². The quantitative estimate of drug-likeness (QED) is 0.322. The molecule has 0 bridgehead atoms. The van der Waals surface area contributed by atoms with Gasteiger partial charge in [0.2, 0.25) is 0 Å². The number of carbonyl (C=O) groups excluding carboxylic acids is 1. The number of esters is 1. The second kappa shape index (κ2) is 11.1. The fraction of sp³-hybridized carbons (Fsp3) is 0.409. The molecular weight excluding hydrogens is 344 g/mol. The molecule has 0 unspecified atom stereocenters. The van der Waals surface area contributed by atoms with Crippen molar-refractivity contribution < 1.29 is 23.7 Å². The first kappa shape index (κ1) is 20.6. The third-order valence-corrected chi connectivity index (χ3v) is 3.97. The molecule has 0 saturated carbocycles. The van der Waals surface area contributed by atoms with Crippen LogP contribution >= 0.6 is 0 Å². The van der Waals surface area contributed by atoms with E-state index < -0.39 is 0 Å². The van der Waals surface area contributed by atoms with Crippen LogP contribution in [0, 0.1) is 0 Å². The van der Waals surface area contributed by atoms with Crippen molar-refractivity contribution in [2.75, 3.05) is 20.3 Å². The predicted molar refractivity (Wildman–Crippen MR) is 105 cm³/mol. The van der Waals surface area contributed by atoms with Crippen molar-refractivity contribution in [3.8, 4) is 23.0 Å². The summed E-state index contributed by atoms with van der Waals surface area (Å²) < 4.78 is 21.9.